The lowest BCUT2D eigenvalue weighted by atomic mass is 10.1. The maximum atomic E-state index is 13.4. The molecule has 154 valence electrons. The maximum Gasteiger partial charge on any atom is 0.332 e. The average Bonchev–Trinajstić information content (AvgIpc) is 3.05. The minimum Gasteiger partial charge on any atom is -0.312 e. The molecule has 1 aromatic carbocycles. The second-order valence-corrected chi connectivity index (χ2v) is 8.37. The highest BCUT2D eigenvalue weighted by molar-refractivity contribution is 5.77. The van der Waals surface area contributed by atoms with Crippen molar-refractivity contribution in [3.63, 3.8) is 0 Å². The SMILES string of the molecule is CC(C)CCn1c(=O)c2c(nc3n2C[C@@H](C)CN3c2ccc(F)cc2)n(C)c1=O. The summed E-state index contributed by atoms with van der Waals surface area (Å²) in [4.78, 5) is 32.7. The summed E-state index contributed by atoms with van der Waals surface area (Å²) in [6.45, 7) is 7.96. The molecule has 3 aromatic rings. The summed E-state index contributed by atoms with van der Waals surface area (Å²) in [5.41, 5.74) is 0.997. The van der Waals surface area contributed by atoms with Crippen molar-refractivity contribution in [1.29, 1.82) is 0 Å². The Hall–Kier alpha value is -2.90. The second-order valence-electron chi connectivity index (χ2n) is 8.37. The quantitative estimate of drug-likeness (QED) is 0.677. The number of nitrogens with zero attached hydrogens (tertiary/aromatic N) is 5. The van der Waals surface area contributed by atoms with Gasteiger partial charge in [-0.1, -0.05) is 20.8 Å². The number of hydrogen-bond donors (Lipinski definition) is 0. The molecule has 7 nitrogen and oxygen atoms in total. The normalized spacial score (nSPS) is 16.6. The minimum atomic E-state index is -0.347. The number of fused-ring (bicyclic) bond motifs is 3. The number of rotatable bonds is 4. The smallest absolute Gasteiger partial charge is 0.312 e. The van der Waals surface area contributed by atoms with Gasteiger partial charge in [0.15, 0.2) is 11.2 Å². The number of aromatic nitrogens is 4. The van der Waals surface area contributed by atoms with E-state index in [-0.39, 0.29) is 23.0 Å². The van der Waals surface area contributed by atoms with Gasteiger partial charge in [-0.2, -0.15) is 4.98 Å². The van der Waals surface area contributed by atoms with E-state index >= 15 is 0 Å². The first-order valence-corrected chi connectivity index (χ1v) is 10.0. The summed E-state index contributed by atoms with van der Waals surface area (Å²) in [5.74, 6) is 0.947. The van der Waals surface area contributed by atoms with Gasteiger partial charge >= 0.3 is 5.69 Å². The van der Waals surface area contributed by atoms with E-state index in [2.05, 4.69) is 25.8 Å². The lowest BCUT2D eigenvalue weighted by molar-refractivity contribution is 0.455. The first kappa shape index (κ1) is 19.4. The Morgan fingerprint density at radius 3 is 2.52 bits per heavy atom. The van der Waals surface area contributed by atoms with E-state index in [0.29, 0.717) is 42.7 Å². The summed E-state index contributed by atoms with van der Waals surface area (Å²) in [6, 6.07) is 6.24. The highest BCUT2D eigenvalue weighted by Crippen LogP contribution is 2.32. The fourth-order valence-corrected chi connectivity index (χ4v) is 3.93. The van der Waals surface area contributed by atoms with E-state index in [1.54, 1.807) is 19.2 Å². The molecule has 1 aliphatic heterocycles. The zero-order valence-electron chi connectivity index (χ0n) is 17.2. The Morgan fingerprint density at radius 2 is 1.86 bits per heavy atom. The molecule has 3 heterocycles. The molecule has 8 heteroatoms. The molecule has 1 atom stereocenters. The van der Waals surface area contributed by atoms with Gasteiger partial charge in [0.05, 0.1) is 0 Å². The third-order valence-corrected chi connectivity index (χ3v) is 5.51. The van der Waals surface area contributed by atoms with Crippen LogP contribution < -0.4 is 16.1 Å². The molecule has 4 rings (SSSR count). The molecule has 0 spiro atoms. The van der Waals surface area contributed by atoms with Gasteiger partial charge in [-0.25, -0.2) is 9.18 Å². The average molecular weight is 399 g/mol. The lowest BCUT2D eigenvalue weighted by Gasteiger charge is -2.32. The molecule has 0 N–H and O–H groups in total. The van der Waals surface area contributed by atoms with Gasteiger partial charge in [-0.15, -0.1) is 0 Å². The third kappa shape index (κ3) is 3.26. The zero-order chi connectivity index (χ0) is 20.9. The van der Waals surface area contributed by atoms with Gasteiger partial charge in [-0.3, -0.25) is 13.9 Å². The van der Waals surface area contributed by atoms with Crippen molar-refractivity contribution in [3.8, 4) is 0 Å². The zero-order valence-corrected chi connectivity index (χ0v) is 17.2. The van der Waals surface area contributed by atoms with E-state index in [0.717, 1.165) is 12.1 Å². The van der Waals surface area contributed by atoms with E-state index in [9.17, 15) is 14.0 Å². The third-order valence-electron chi connectivity index (χ3n) is 5.51. The van der Waals surface area contributed by atoms with Gasteiger partial charge in [0.25, 0.3) is 5.56 Å². The molecule has 0 unspecified atom stereocenters. The minimum absolute atomic E-state index is 0.255. The van der Waals surface area contributed by atoms with Crippen molar-refractivity contribution < 1.29 is 4.39 Å². The van der Waals surface area contributed by atoms with Crippen molar-refractivity contribution in [2.75, 3.05) is 11.4 Å². The maximum absolute atomic E-state index is 13.4. The van der Waals surface area contributed by atoms with Crippen LogP contribution in [-0.2, 0) is 20.1 Å². The molecule has 0 fully saturated rings. The molecule has 0 aliphatic carbocycles. The standard InChI is InChI=1S/C21H26FN5O2/c1-13(2)9-10-25-19(28)17-18(24(4)21(25)29)23-20-26(11-14(3)12-27(17)20)16-7-5-15(22)6-8-16/h5-8,13-14H,9-12H2,1-4H3/t14-/m0/s1. The number of halogens is 1. The van der Waals surface area contributed by atoms with E-state index in [1.807, 2.05) is 9.47 Å². The summed E-state index contributed by atoms with van der Waals surface area (Å²) in [7, 11) is 1.65. The van der Waals surface area contributed by atoms with Crippen LogP contribution in [0, 0.1) is 17.7 Å². The van der Waals surface area contributed by atoms with Crippen LogP contribution in [0.25, 0.3) is 11.2 Å². The molecule has 0 saturated carbocycles. The topological polar surface area (TPSA) is 65.1 Å². The Kier molecular flexibility index (Phi) is 4.80. The van der Waals surface area contributed by atoms with Crippen molar-refractivity contribution >= 4 is 22.8 Å². The monoisotopic (exact) mass is 399 g/mol. The van der Waals surface area contributed by atoms with Crippen molar-refractivity contribution in [2.24, 2.45) is 18.9 Å². The van der Waals surface area contributed by atoms with Gasteiger partial charge in [0.1, 0.15) is 5.82 Å². The van der Waals surface area contributed by atoms with E-state index in [1.165, 1.54) is 21.3 Å². The van der Waals surface area contributed by atoms with Crippen LogP contribution >= 0.6 is 0 Å². The molecular weight excluding hydrogens is 373 g/mol. The molecule has 29 heavy (non-hydrogen) atoms. The van der Waals surface area contributed by atoms with E-state index < -0.39 is 0 Å². The summed E-state index contributed by atoms with van der Waals surface area (Å²) < 4.78 is 18.1. The Labute approximate surface area is 168 Å². The fourth-order valence-electron chi connectivity index (χ4n) is 3.93. The van der Waals surface area contributed by atoms with E-state index in [4.69, 9.17) is 0 Å². The van der Waals surface area contributed by atoms with Crippen LogP contribution in [0.3, 0.4) is 0 Å². The van der Waals surface area contributed by atoms with Crippen molar-refractivity contribution in [2.45, 2.75) is 40.3 Å². The van der Waals surface area contributed by atoms with Crippen molar-refractivity contribution in [1.82, 2.24) is 18.7 Å². The number of anilines is 2. The van der Waals surface area contributed by atoms with Crippen LogP contribution in [0.2, 0.25) is 0 Å². The molecule has 0 bridgehead atoms. The highest BCUT2D eigenvalue weighted by atomic mass is 19.1. The Morgan fingerprint density at radius 1 is 1.17 bits per heavy atom. The van der Waals surface area contributed by atoms with Gasteiger partial charge in [-0.05, 0) is 42.5 Å². The summed E-state index contributed by atoms with van der Waals surface area (Å²) in [6.07, 6.45) is 0.750. The fraction of sp³-hybridized carbons (Fsp3) is 0.476. The summed E-state index contributed by atoms with van der Waals surface area (Å²) in [5, 5.41) is 0. The van der Waals surface area contributed by atoms with Crippen LogP contribution in [0.15, 0.2) is 33.9 Å². The Balaban J connectivity index is 1.94. The molecule has 2 aromatic heterocycles. The van der Waals surface area contributed by atoms with Crippen molar-refractivity contribution in [3.05, 3.63) is 50.9 Å². The number of hydrogen-bond acceptors (Lipinski definition) is 4. The second kappa shape index (κ2) is 7.17. The van der Waals surface area contributed by atoms with Crippen LogP contribution in [-0.4, -0.2) is 25.2 Å². The number of imidazole rings is 1. The van der Waals surface area contributed by atoms with Gasteiger partial charge in [0.2, 0.25) is 5.95 Å². The molecule has 0 amide bonds. The summed E-state index contributed by atoms with van der Waals surface area (Å²) >= 11 is 0. The first-order chi connectivity index (χ1) is 13.8. The number of benzene rings is 1. The molecular formula is C21H26FN5O2. The largest absolute Gasteiger partial charge is 0.332 e. The molecule has 0 saturated heterocycles. The van der Waals surface area contributed by atoms with Gasteiger partial charge in [0, 0.05) is 32.4 Å². The molecule has 0 radical (unpaired) electrons. The Bertz CT molecular complexity index is 1170. The van der Waals surface area contributed by atoms with Crippen LogP contribution in [0.4, 0.5) is 16.0 Å². The molecule has 1 aliphatic rings. The van der Waals surface area contributed by atoms with Crippen LogP contribution in [0.1, 0.15) is 27.2 Å². The van der Waals surface area contributed by atoms with Crippen LogP contribution in [0.5, 0.6) is 0 Å². The van der Waals surface area contributed by atoms with Gasteiger partial charge < -0.3 is 9.47 Å². The predicted molar refractivity (Wildman–Crippen MR) is 111 cm³/mol. The number of aryl methyl sites for hydroxylation is 1. The lowest BCUT2D eigenvalue weighted by Crippen LogP contribution is -2.40. The first-order valence-electron chi connectivity index (χ1n) is 10.0. The highest BCUT2D eigenvalue weighted by Gasteiger charge is 2.29. The predicted octanol–water partition coefficient (Wildman–Crippen LogP) is 2.87.